The molecule has 0 aromatic carbocycles. The van der Waals surface area contributed by atoms with Crippen LogP contribution in [0.25, 0.3) is 6.08 Å². The van der Waals surface area contributed by atoms with Crippen LogP contribution in [0.4, 0.5) is 0 Å². The molecule has 1 heteroatoms. The average molecular weight is 173 g/mol. The molecule has 13 heavy (non-hydrogen) atoms. The molecule has 0 bridgehead atoms. The molecule has 0 atom stereocenters. The first-order valence-corrected chi connectivity index (χ1v) is 4.66. The molecule has 0 saturated carbocycles. The SMILES string of the molecule is C=C1C=Cc2ncccc2C1.CC. The van der Waals surface area contributed by atoms with Crippen molar-refractivity contribution in [3.63, 3.8) is 0 Å². The first kappa shape index (κ1) is 9.72. The minimum atomic E-state index is 0.944. The van der Waals surface area contributed by atoms with Gasteiger partial charge in [-0.2, -0.15) is 0 Å². The Morgan fingerprint density at radius 3 is 2.85 bits per heavy atom. The van der Waals surface area contributed by atoms with Crippen LogP contribution in [-0.4, -0.2) is 4.98 Å². The summed E-state index contributed by atoms with van der Waals surface area (Å²) >= 11 is 0. The highest BCUT2D eigenvalue weighted by molar-refractivity contribution is 5.57. The molecule has 0 spiro atoms. The summed E-state index contributed by atoms with van der Waals surface area (Å²) in [4.78, 5) is 4.23. The normalized spacial score (nSPS) is 12.9. The largest absolute Gasteiger partial charge is 0.257 e. The van der Waals surface area contributed by atoms with E-state index in [1.54, 1.807) is 0 Å². The third kappa shape index (κ3) is 2.28. The molecule has 1 nitrogen and oxygen atoms in total. The van der Waals surface area contributed by atoms with Crippen LogP contribution in [0, 0.1) is 0 Å². The minimum absolute atomic E-state index is 0.944. The van der Waals surface area contributed by atoms with Crippen molar-refractivity contribution in [2.75, 3.05) is 0 Å². The fraction of sp³-hybridized carbons (Fsp3) is 0.250. The number of fused-ring (bicyclic) bond motifs is 1. The molecule has 0 unspecified atom stereocenters. The van der Waals surface area contributed by atoms with Gasteiger partial charge in [0.2, 0.25) is 0 Å². The highest BCUT2D eigenvalue weighted by Gasteiger charge is 2.05. The molecule has 1 aromatic heterocycles. The second-order valence-electron chi connectivity index (χ2n) is 2.72. The molecule has 1 aliphatic carbocycles. The zero-order valence-electron chi connectivity index (χ0n) is 8.25. The van der Waals surface area contributed by atoms with Gasteiger partial charge < -0.3 is 0 Å². The summed E-state index contributed by atoms with van der Waals surface area (Å²) in [5, 5.41) is 0. The van der Waals surface area contributed by atoms with E-state index in [9.17, 15) is 0 Å². The lowest BCUT2D eigenvalue weighted by atomic mass is 9.99. The second-order valence-corrected chi connectivity index (χ2v) is 2.72. The van der Waals surface area contributed by atoms with Crippen LogP contribution in [-0.2, 0) is 6.42 Å². The van der Waals surface area contributed by atoms with Crippen LogP contribution in [0.15, 0.2) is 36.6 Å². The van der Waals surface area contributed by atoms with Gasteiger partial charge in [0.05, 0.1) is 5.69 Å². The fourth-order valence-corrected chi connectivity index (χ4v) is 1.25. The molecule has 0 amide bonds. The van der Waals surface area contributed by atoms with Gasteiger partial charge in [-0.1, -0.05) is 38.1 Å². The van der Waals surface area contributed by atoms with Gasteiger partial charge in [-0.3, -0.25) is 4.98 Å². The summed E-state index contributed by atoms with van der Waals surface area (Å²) in [6.45, 7) is 7.90. The van der Waals surface area contributed by atoms with Crippen molar-refractivity contribution in [1.82, 2.24) is 4.98 Å². The summed E-state index contributed by atoms with van der Waals surface area (Å²) in [7, 11) is 0. The Hall–Kier alpha value is -1.37. The van der Waals surface area contributed by atoms with Gasteiger partial charge in [-0.05, 0) is 24.1 Å². The van der Waals surface area contributed by atoms with Gasteiger partial charge >= 0.3 is 0 Å². The minimum Gasteiger partial charge on any atom is -0.257 e. The average Bonchev–Trinajstić information content (AvgIpc) is 2.21. The molecule has 68 valence electrons. The van der Waals surface area contributed by atoms with Crippen LogP contribution in [0.2, 0.25) is 0 Å². The number of rotatable bonds is 0. The van der Waals surface area contributed by atoms with Crippen LogP contribution in [0.3, 0.4) is 0 Å². The van der Waals surface area contributed by atoms with Gasteiger partial charge in [0.15, 0.2) is 0 Å². The summed E-state index contributed by atoms with van der Waals surface area (Å²) in [6, 6.07) is 4.06. The molecule has 1 aromatic rings. The Morgan fingerprint density at radius 1 is 1.31 bits per heavy atom. The third-order valence-electron chi connectivity index (χ3n) is 1.82. The van der Waals surface area contributed by atoms with Gasteiger partial charge in [0, 0.05) is 6.20 Å². The summed E-state index contributed by atoms with van der Waals surface area (Å²) in [5.41, 5.74) is 3.52. The Labute approximate surface area is 79.8 Å². The predicted molar refractivity (Wildman–Crippen MR) is 57.5 cm³/mol. The zero-order chi connectivity index (χ0) is 9.68. The lowest BCUT2D eigenvalue weighted by Gasteiger charge is -2.09. The molecule has 0 saturated heterocycles. The summed E-state index contributed by atoms with van der Waals surface area (Å²) in [5.74, 6) is 0. The van der Waals surface area contributed by atoms with Crippen molar-refractivity contribution in [2.24, 2.45) is 0 Å². The molecule has 0 N–H and O–H groups in total. The number of allylic oxidation sites excluding steroid dienone is 2. The number of hydrogen-bond donors (Lipinski definition) is 0. The van der Waals surface area contributed by atoms with Crippen LogP contribution in [0.5, 0.6) is 0 Å². The second kappa shape index (κ2) is 4.61. The Kier molecular flexibility index (Phi) is 3.44. The Morgan fingerprint density at radius 2 is 2.08 bits per heavy atom. The maximum absolute atomic E-state index is 4.23. The number of hydrogen-bond acceptors (Lipinski definition) is 1. The molecule has 0 radical (unpaired) electrons. The molecule has 2 rings (SSSR count). The van der Waals surface area contributed by atoms with Crippen molar-refractivity contribution < 1.29 is 0 Å². The van der Waals surface area contributed by atoms with E-state index in [4.69, 9.17) is 0 Å². The van der Waals surface area contributed by atoms with Crippen molar-refractivity contribution in [3.8, 4) is 0 Å². The van der Waals surface area contributed by atoms with E-state index in [0.29, 0.717) is 0 Å². The fourth-order valence-electron chi connectivity index (χ4n) is 1.25. The van der Waals surface area contributed by atoms with E-state index in [-0.39, 0.29) is 0 Å². The Bertz CT molecular complexity index is 324. The molecule has 1 aliphatic rings. The molecular weight excluding hydrogens is 158 g/mol. The molecule has 1 heterocycles. The first-order valence-electron chi connectivity index (χ1n) is 4.66. The van der Waals surface area contributed by atoms with Crippen LogP contribution < -0.4 is 0 Å². The van der Waals surface area contributed by atoms with E-state index in [2.05, 4.69) is 17.6 Å². The quantitative estimate of drug-likeness (QED) is 0.587. The van der Waals surface area contributed by atoms with Gasteiger partial charge in [-0.25, -0.2) is 0 Å². The highest BCUT2D eigenvalue weighted by Crippen LogP contribution is 2.18. The molecule has 0 fully saturated rings. The summed E-state index contributed by atoms with van der Waals surface area (Å²) < 4.78 is 0. The van der Waals surface area contributed by atoms with E-state index in [1.807, 2.05) is 38.3 Å². The summed E-state index contributed by atoms with van der Waals surface area (Å²) in [6.07, 6.45) is 6.80. The van der Waals surface area contributed by atoms with Crippen molar-refractivity contribution >= 4 is 6.08 Å². The lowest BCUT2D eigenvalue weighted by Crippen LogP contribution is -1.97. The lowest BCUT2D eigenvalue weighted by molar-refractivity contribution is 1.12. The van der Waals surface area contributed by atoms with Crippen molar-refractivity contribution in [1.29, 1.82) is 0 Å². The zero-order valence-corrected chi connectivity index (χ0v) is 8.25. The van der Waals surface area contributed by atoms with Crippen molar-refractivity contribution in [2.45, 2.75) is 20.3 Å². The third-order valence-corrected chi connectivity index (χ3v) is 1.82. The van der Waals surface area contributed by atoms with Crippen LogP contribution in [0.1, 0.15) is 25.1 Å². The highest BCUT2D eigenvalue weighted by atomic mass is 14.7. The maximum Gasteiger partial charge on any atom is 0.0665 e. The number of aromatic nitrogens is 1. The topological polar surface area (TPSA) is 12.9 Å². The van der Waals surface area contributed by atoms with Gasteiger partial charge in [0.25, 0.3) is 0 Å². The number of nitrogens with zero attached hydrogens (tertiary/aromatic N) is 1. The van der Waals surface area contributed by atoms with E-state index < -0.39 is 0 Å². The standard InChI is InChI=1S/C10H9N.C2H6/c1-8-4-5-10-9(7-8)3-2-6-11-10;1-2/h2-6H,1,7H2;1-2H3. The maximum atomic E-state index is 4.23. The van der Waals surface area contributed by atoms with E-state index in [1.165, 1.54) is 5.56 Å². The first-order chi connectivity index (χ1) is 6.36. The smallest absolute Gasteiger partial charge is 0.0665 e. The van der Waals surface area contributed by atoms with E-state index >= 15 is 0 Å². The number of pyridine rings is 1. The van der Waals surface area contributed by atoms with E-state index in [0.717, 1.165) is 17.7 Å². The monoisotopic (exact) mass is 173 g/mol. The van der Waals surface area contributed by atoms with Gasteiger partial charge in [-0.15, -0.1) is 0 Å². The van der Waals surface area contributed by atoms with Gasteiger partial charge in [0.1, 0.15) is 0 Å². The molecular formula is C12H15N. The van der Waals surface area contributed by atoms with Crippen LogP contribution >= 0.6 is 0 Å². The molecule has 0 aliphatic heterocycles. The predicted octanol–water partition coefficient (Wildman–Crippen LogP) is 3.23. The Balaban J connectivity index is 0.000000396. The van der Waals surface area contributed by atoms with Crippen molar-refractivity contribution in [3.05, 3.63) is 47.8 Å².